The molecule has 0 aromatic carbocycles. The minimum atomic E-state index is -4.38. The second kappa shape index (κ2) is 12.1. The van der Waals surface area contributed by atoms with Gasteiger partial charge in [-0.1, -0.05) is 35.6 Å². The van der Waals surface area contributed by atoms with Gasteiger partial charge in [0.15, 0.2) is 34.5 Å². The van der Waals surface area contributed by atoms with Crippen molar-refractivity contribution in [3.05, 3.63) is 23.0 Å². The van der Waals surface area contributed by atoms with Gasteiger partial charge in [0, 0.05) is 12.8 Å². The summed E-state index contributed by atoms with van der Waals surface area (Å²) >= 11 is 7.55. The van der Waals surface area contributed by atoms with Crippen LogP contribution in [0.2, 0.25) is 0 Å². The first-order chi connectivity index (χ1) is 21.7. The number of alkyl halides is 1. The first-order valence-electron chi connectivity index (χ1n) is 13.0. The number of aromatic nitrogens is 9. The summed E-state index contributed by atoms with van der Waals surface area (Å²) in [5, 5.41) is 7.57. The molecule has 6 heterocycles. The third-order valence-electron chi connectivity index (χ3n) is 7.12. The number of fused-ring (bicyclic) bond motifs is 2. The molecule has 4 aromatic rings. The number of ether oxygens (including phenoxy) is 2. The van der Waals surface area contributed by atoms with Gasteiger partial charge in [0.2, 0.25) is 5.95 Å². The van der Waals surface area contributed by atoms with E-state index in [2.05, 4.69) is 65.6 Å². The number of hydrogen-bond acceptors (Lipinski definition) is 16. The van der Waals surface area contributed by atoms with E-state index < -0.39 is 68.8 Å². The number of thiol groups is 2. The minimum absolute atomic E-state index is 0.0275. The van der Waals surface area contributed by atoms with Crippen LogP contribution in [0.4, 0.5) is 16.2 Å². The highest BCUT2D eigenvalue weighted by molar-refractivity contribution is 8.44. The lowest BCUT2D eigenvalue weighted by atomic mass is 9.99. The molecule has 0 spiro atoms. The molecule has 2 fully saturated rings. The molecule has 2 saturated heterocycles. The summed E-state index contributed by atoms with van der Waals surface area (Å²) in [6, 6.07) is 0. The maximum absolute atomic E-state index is 15.0. The van der Waals surface area contributed by atoms with Crippen LogP contribution in [0, 0.1) is 12.3 Å². The first kappa shape index (κ1) is 32.8. The number of halogens is 1. The molecule has 3 unspecified atom stereocenters. The van der Waals surface area contributed by atoms with Crippen LogP contribution in [0.5, 0.6) is 0 Å². The molecule has 2 aliphatic rings. The lowest BCUT2D eigenvalue weighted by molar-refractivity contribution is -0.0822. The molecule has 0 aliphatic carbocycles. The van der Waals surface area contributed by atoms with Gasteiger partial charge in [-0.15, -0.1) is 11.5 Å². The summed E-state index contributed by atoms with van der Waals surface area (Å²) in [7, 11) is 0. The van der Waals surface area contributed by atoms with E-state index in [4.69, 9.17) is 40.9 Å². The van der Waals surface area contributed by atoms with Crippen molar-refractivity contribution in [1.29, 1.82) is 0 Å². The molecular weight excluding hydrogens is 695 g/mol. The van der Waals surface area contributed by atoms with Crippen molar-refractivity contribution in [2.24, 2.45) is 0 Å². The molecule has 0 saturated carbocycles. The number of H-pyrrole nitrogens is 1. The Morgan fingerprint density at radius 2 is 1.98 bits per heavy atom. The fourth-order valence-electron chi connectivity index (χ4n) is 4.99. The van der Waals surface area contributed by atoms with E-state index >= 15 is 4.39 Å². The average molecular weight is 720 g/mol. The quantitative estimate of drug-likeness (QED) is 0.0755. The Kier molecular flexibility index (Phi) is 8.64. The third kappa shape index (κ3) is 6.37. The van der Waals surface area contributed by atoms with Crippen LogP contribution in [0.1, 0.15) is 25.3 Å². The lowest BCUT2D eigenvalue weighted by Crippen LogP contribution is -2.43. The highest BCUT2D eigenvalue weighted by Crippen LogP contribution is 2.59. The van der Waals surface area contributed by atoms with Gasteiger partial charge in [-0.05, 0) is 0 Å². The van der Waals surface area contributed by atoms with Crippen LogP contribution in [0.25, 0.3) is 22.3 Å². The Hall–Kier alpha value is -3.16. The van der Waals surface area contributed by atoms with Crippen LogP contribution in [0.3, 0.4) is 0 Å². The van der Waals surface area contributed by atoms with Gasteiger partial charge < -0.3 is 25.8 Å². The molecule has 8 atom stereocenters. The molecule has 20 nitrogen and oxygen atoms in total. The summed E-state index contributed by atoms with van der Waals surface area (Å²) in [5.41, 5.74) is 9.28. The summed E-state index contributed by atoms with van der Waals surface area (Å²) in [4.78, 5) is 40.2. The second-order valence-electron chi connectivity index (χ2n) is 10.1. The predicted molar refractivity (Wildman–Crippen MR) is 162 cm³/mol. The number of rotatable bonds is 10. The molecule has 2 aliphatic heterocycles. The van der Waals surface area contributed by atoms with Crippen molar-refractivity contribution in [2.45, 2.75) is 49.3 Å². The predicted octanol–water partition coefficient (Wildman–Crippen LogP) is 0.922. The zero-order valence-corrected chi connectivity index (χ0v) is 26.6. The molecular formula is C21H24FN11O9P2S2. The smallest absolute Gasteiger partial charge is 0.382 e. The highest BCUT2D eigenvalue weighted by Gasteiger charge is 2.53. The molecule has 0 radical (unpaired) electrons. The zero-order valence-electron chi connectivity index (χ0n) is 23.1. The van der Waals surface area contributed by atoms with Gasteiger partial charge in [-0.2, -0.15) is 9.67 Å². The maximum atomic E-state index is 15.0. The van der Waals surface area contributed by atoms with E-state index in [0.717, 1.165) is 4.68 Å². The van der Waals surface area contributed by atoms with Crippen molar-refractivity contribution in [3.63, 3.8) is 0 Å². The van der Waals surface area contributed by atoms with Crippen LogP contribution in [-0.2, 0) is 32.2 Å². The largest absolute Gasteiger partial charge is 0.386 e. The SMILES string of the molecule is C#C[C@]1(COP(=O)(O)S)O[C@@H](n2cnc3c(N)ncnc32)CC1OP(=O)(S)OC[C@H]1O[C@@H](n2nnc3c(=O)[nH]c(N)nc32)C[C@H]1F. The molecule has 4 aromatic heterocycles. The zero-order chi connectivity index (χ0) is 33.0. The average Bonchev–Trinajstić information content (AvgIpc) is 3.75. The normalized spacial score (nSPS) is 29.2. The monoisotopic (exact) mass is 719 g/mol. The number of terminal acetylenes is 1. The number of imidazole rings is 1. The number of nitrogen functional groups attached to an aromatic ring is 2. The number of anilines is 2. The molecule has 25 heteroatoms. The van der Waals surface area contributed by atoms with E-state index in [1.165, 1.54) is 17.2 Å². The standard InChI is InChI=1S/C21H24FN11O9P2S2/c1-2-21(6-39-43(35,36)45)11(4-12(41-21)32-8-27-14-16(23)25-7-26-17(14)32)42-44(37,46)38-5-10-9(22)3-13(40-10)33-18-15(30-31-33)19(34)29-20(24)28-18/h1,7-13H,3-6H2,(H,37,46)(H2,23,25,26)(H2,35,36,45)(H3,24,28,29,34)/t9-,10-,11?,12-,13-,21-,44?/m1/s1. The summed E-state index contributed by atoms with van der Waals surface area (Å²) in [5.74, 6) is 2.24. The van der Waals surface area contributed by atoms with E-state index in [-0.39, 0.29) is 46.9 Å². The Morgan fingerprint density at radius 3 is 2.72 bits per heavy atom. The Labute approximate surface area is 267 Å². The van der Waals surface area contributed by atoms with E-state index in [1.54, 1.807) is 0 Å². The van der Waals surface area contributed by atoms with E-state index in [9.17, 15) is 18.8 Å². The molecule has 0 bridgehead atoms. The number of nitrogens with two attached hydrogens (primary N) is 2. The van der Waals surface area contributed by atoms with E-state index in [1.807, 2.05) is 0 Å². The van der Waals surface area contributed by atoms with Crippen molar-refractivity contribution in [2.75, 3.05) is 24.7 Å². The third-order valence-corrected chi connectivity index (χ3v) is 9.56. The number of nitrogens with one attached hydrogen (secondary N) is 1. The number of hydrogen-bond donors (Lipinski definition) is 6. The molecule has 46 heavy (non-hydrogen) atoms. The van der Waals surface area contributed by atoms with Crippen molar-refractivity contribution in [3.8, 4) is 12.3 Å². The van der Waals surface area contributed by atoms with Gasteiger partial charge in [0.25, 0.3) is 5.56 Å². The Balaban J connectivity index is 1.18. The van der Waals surface area contributed by atoms with Crippen LogP contribution < -0.4 is 17.0 Å². The fraction of sp³-hybridized carbons (Fsp3) is 0.476. The van der Waals surface area contributed by atoms with Gasteiger partial charge in [-0.25, -0.2) is 28.5 Å². The van der Waals surface area contributed by atoms with Crippen molar-refractivity contribution < 1.29 is 41.5 Å². The summed E-state index contributed by atoms with van der Waals surface area (Å²) < 4.78 is 70.7. The number of nitrogens with zero attached hydrogens (tertiary/aromatic N) is 8. The van der Waals surface area contributed by atoms with Gasteiger partial charge >= 0.3 is 13.6 Å². The molecule has 246 valence electrons. The summed E-state index contributed by atoms with van der Waals surface area (Å²) in [6.45, 7) is -10.1. The minimum Gasteiger partial charge on any atom is -0.382 e. The van der Waals surface area contributed by atoms with Gasteiger partial charge in [0.05, 0.1) is 12.9 Å². The van der Waals surface area contributed by atoms with Crippen LogP contribution >= 0.6 is 38.1 Å². The van der Waals surface area contributed by atoms with E-state index in [0.29, 0.717) is 0 Å². The molecule has 6 N–H and O–H groups in total. The first-order valence-corrected chi connectivity index (χ1v) is 18.5. The highest BCUT2D eigenvalue weighted by atomic mass is 32.7. The second-order valence-corrected chi connectivity index (χ2v) is 15.7. The van der Waals surface area contributed by atoms with Gasteiger partial charge in [0.1, 0.15) is 43.1 Å². The van der Waals surface area contributed by atoms with Crippen LogP contribution in [0.15, 0.2) is 17.4 Å². The van der Waals surface area contributed by atoms with Crippen LogP contribution in [-0.4, -0.2) is 86.6 Å². The maximum Gasteiger partial charge on any atom is 0.386 e. The van der Waals surface area contributed by atoms with Crippen molar-refractivity contribution in [1.82, 2.24) is 44.5 Å². The molecule has 0 amide bonds. The number of aromatic amines is 1. The lowest BCUT2D eigenvalue weighted by Gasteiger charge is -2.30. The molecule has 6 rings (SSSR count). The van der Waals surface area contributed by atoms with Crippen molar-refractivity contribution >= 4 is 72.2 Å². The summed E-state index contributed by atoms with van der Waals surface area (Å²) in [6.07, 6.45) is 1.66. The van der Waals surface area contributed by atoms with Gasteiger partial charge in [-0.3, -0.25) is 27.9 Å². The Morgan fingerprint density at radius 1 is 1.20 bits per heavy atom. The fourth-order valence-corrected chi connectivity index (χ4v) is 7.04. The topological polar surface area (TPSA) is 273 Å². The Bertz CT molecular complexity index is 2000.